The summed E-state index contributed by atoms with van der Waals surface area (Å²) >= 11 is 5.91. The molecule has 0 atom stereocenters. The van der Waals surface area contributed by atoms with Gasteiger partial charge in [0, 0.05) is 38.1 Å². The first-order valence-corrected chi connectivity index (χ1v) is 10.4. The molecule has 1 heterocycles. The summed E-state index contributed by atoms with van der Waals surface area (Å²) in [4.78, 5) is 14.3. The smallest absolute Gasteiger partial charge is 0.242 e. The van der Waals surface area contributed by atoms with Crippen LogP contribution in [0.2, 0.25) is 5.02 Å². The minimum Gasteiger partial charge on any atom is -0.379 e. The second-order valence-electron chi connectivity index (χ2n) is 6.77. The van der Waals surface area contributed by atoms with Gasteiger partial charge < -0.3 is 10.1 Å². The number of benzene rings is 1. The van der Waals surface area contributed by atoms with Crippen molar-refractivity contribution in [1.29, 1.82) is 0 Å². The van der Waals surface area contributed by atoms with Crippen LogP contribution >= 0.6 is 11.6 Å². The molecule has 2 rings (SSSR count). The molecule has 2 N–H and O–H groups in total. The molecular weight excluding hydrogens is 378 g/mol. The van der Waals surface area contributed by atoms with Gasteiger partial charge in [-0.1, -0.05) is 23.7 Å². The van der Waals surface area contributed by atoms with Crippen LogP contribution in [-0.4, -0.2) is 64.2 Å². The minimum atomic E-state index is -3.73. The van der Waals surface area contributed by atoms with Crippen molar-refractivity contribution in [3.8, 4) is 0 Å². The third kappa shape index (κ3) is 5.92. The highest BCUT2D eigenvalue weighted by Gasteiger charge is 2.28. The molecule has 0 aromatic heterocycles. The molecule has 1 fully saturated rings. The maximum Gasteiger partial charge on any atom is 0.242 e. The second kappa shape index (κ2) is 9.14. The molecule has 0 aliphatic carbocycles. The first kappa shape index (κ1) is 21.1. The van der Waals surface area contributed by atoms with E-state index < -0.39 is 10.0 Å². The number of nitrogens with one attached hydrogen (secondary N) is 2. The van der Waals surface area contributed by atoms with Crippen molar-refractivity contribution in [3.05, 3.63) is 29.3 Å². The number of carbonyl (C=O) groups excluding carboxylic acids is 1. The number of amides is 1. The minimum absolute atomic E-state index is 0.00975. The molecule has 1 amide bonds. The number of morpholine rings is 1. The highest BCUT2D eigenvalue weighted by Crippen LogP contribution is 2.20. The van der Waals surface area contributed by atoms with Gasteiger partial charge in [0.15, 0.2) is 0 Å². The number of hydrogen-bond acceptors (Lipinski definition) is 5. The molecule has 1 aromatic carbocycles. The molecule has 1 aliphatic rings. The van der Waals surface area contributed by atoms with Gasteiger partial charge in [0.2, 0.25) is 15.9 Å². The summed E-state index contributed by atoms with van der Waals surface area (Å²) in [6, 6.07) is 6.19. The van der Waals surface area contributed by atoms with Crippen molar-refractivity contribution in [2.75, 3.05) is 39.4 Å². The van der Waals surface area contributed by atoms with Gasteiger partial charge in [-0.2, -0.15) is 0 Å². The van der Waals surface area contributed by atoms with Crippen LogP contribution in [0, 0.1) is 0 Å². The van der Waals surface area contributed by atoms with E-state index in [9.17, 15) is 13.2 Å². The van der Waals surface area contributed by atoms with Crippen LogP contribution in [-0.2, 0) is 19.6 Å². The highest BCUT2D eigenvalue weighted by atomic mass is 35.5. The molecule has 0 spiro atoms. The number of rotatable bonds is 8. The van der Waals surface area contributed by atoms with Gasteiger partial charge in [0.1, 0.15) is 4.90 Å². The Balaban J connectivity index is 1.77. The van der Waals surface area contributed by atoms with Crippen LogP contribution in [0.3, 0.4) is 0 Å². The zero-order chi connectivity index (χ0) is 19.2. The largest absolute Gasteiger partial charge is 0.379 e. The average Bonchev–Trinajstić information content (AvgIpc) is 2.61. The summed E-state index contributed by atoms with van der Waals surface area (Å²) in [6.45, 7) is 7.70. The van der Waals surface area contributed by atoms with E-state index in [1.807, 2.05) is 0 Å². The average molecular weight is 404 g/mol. The summed E-state index contributed by atoms with van der Waals surface area (Å²) in [5, 5.41) is 3.03. The third-order valence-electron chi connectivity index (χ3n) is 4.36. The predicted octanol–water partition coefficient (Wildman–Crippen LogP) is 1.24. The molecule has 1 aromatic rings. The van der Waals surface area contributed by atoms with E-state index in [-0.39, 0.29) is 34.3 Å². The molecule has 1 saturated heterocycles. The monoisotopic (exact) mass is 403 g/mol. The second-order valence-corrected chi connectivity index (χ2v) is 8.91. The molecule has 26 heavy (non-hydrogen) atoms. The van der Waals surface area contributed by atoms with Crippen LogP contribution in [0.25, 0.3) is 0 Å². The van der Waals surface area contributed by atoms with Crippen LogP contribution < -0.4 is 10.0 Å². The first-order chi connectivity index (χ1) is 12.2. The normalized spacial score (nSPS) is 16.4. The van der Waals surface area contributed by atoms with Crippen molar-refractivity contribution >= 4 is 27.5 Å². The van der Waals surface area contributed by atoms with Gasteiger partial charge in [-0.25, -0.2) is 13.1 Å². The Labute approximate surface area is 160 Å². The van der Waals surface area contributed by atoms with E-state index >= 15 is 0 Å². The Morgan fingerprint density at radius 3 is 2.58 bits per heavy atom. The first-order valence-electron chi connectivity index (χ1n) is 8.56. The maximum atomic E-state index is 12.2. The SMILES string of the molecule is CC(C)(CNC(=O)CCNS(=O)(=O)c1ccccc1Cl)N1CCOCC1. The van der Waals surface area contributed by atoms with Gasteiger partial charge in [-0.3, -0.25) is 9.69 Å². The zero-order valence-corrected chi connectivity index (χ0v) is 16.7. The predicted molar refractivity (Wildman–Crippen MR) is 101 cm³/mol. The number of ether oxygens (including phenoxy) is 1. The zero-order valence-electron chi connectivity index (χ0n) is 15.1. The summed E-state index contributed by atoms with van der Waals surface area (Å²) in [5.74, 6) is -0.201. The van der Waals surface area contributed by atoms with Crippen LogP contribution in [0.1, 0.15) is 20.3 Å². The molecule has 0 saturated carbocycles. The van der Waals surface area contributed by atoms with Crippen molar-refractivity contribution in [1.82, 2.24) is 14.9 Å². The standard InChI is InChI=1S/C17H26ClN3O4S/c1-17(2,21-9-11-25-12-10-21)13-19-16(22)7-8-20-26(23,24)15-6-4-3-5-14(15)18/h3-6,20H,7-13H2,1-2H3,(H,19,22). The third-order valence-corrected chi connectivity index (χ3v) is 6.32. The van der Waals surface area contributed by atoms with Crippen molar-refractivity contribution in [3.63, 3.8) is 0 Å². The molecule has 1 aliphatic heterocycles. The Bertz CT molecular complexity index is 718. The molecule has 9 heteroatoms. The lowest BCUT2D eigenvalue weighted by Gasteiger charge is -2.40. The van der Waals surface area contributed by atoms with Gasteiger partial charge in [-0.05, 0) is 26.0 Å². The van der Waals surface area contributed by atoms with Gasteiger partial charge in [0.05, 0.1) is 18.2 Å². The Hall–Kier alpha value is -1.19. The van der Waals surface area contributed by atoms with Gasteiger partial charge in [-0.15, -0.1) is 0 Å². The van der Waals surface area contributed by atoms with Gasteiger partial charge in [0.25, 0.3) is 0 Å². The summed E-state index contributed by atoms with van der Waals surface area (Å²) in [5.41, 5.74) is -0.184. The van der Waals surface area contributed by atoms with E-state index in [4.69, 9.17) is 16.3 Å². The maximum absolute atomic E-state index is 12.2. The number of carbonyl (C=O) groups is 1. The highest BCUT2D eigenvalue weighted by molar-refractivity contribution is 7.89. The summed E-state index contributed by atoms with van der Waals surface area (Å²) in [7, 11) is -3.73. The van der Waals surface area contributed by atoms with E-state index in [1.165, 1.54) is 12.1 Å². The Kier molecular flexibility index (Phi) is 7.42. The fraction of sp³-hybridized carbons (Fsp3) is 0.588. The van der Waals surface area contributed by atoms with Crippen molar-refractivity contribution in [2.45, 2.75) is 30.7 Å². The van der Waals surface area contributed by atoms with Crippen LogP contribution in [0.4, 0.5) is 0 Å². The lowest BCUT2D eigenvalue weighted by atomic mass is 10.0. The molecule has 0 radical (unpaired) electrons. The summed E-state index contributed by atoms with van der Waals surface area (Å²) < 4.78 is 32.2. The van der Waals surface area contributed by atoms with E-state index in [0.717, 1.165) is 13.1 Å². The quantitative estimate of drug-likeness (QED) is 0.681. The van der Waals surface area contributed by atoms with Crippen molar-refractivity contribution in [2.24, 2.45) is 0 Å². The molecule has 146 valence electrons. The van der Waals surface area contributed by atoms with Crippen molar-refractivity contribution < 1.29 is 17.9 Å². The van der Waals surface area contributed by atoms with Crippen LogP contribution in [0.15, 0.2) is 29.2 Å². The molecule has 0 unspecified atom stereocenters. The van der Waals surface area contributed by atoms with E-state index in [0.29, 0.717) is 19.8 Å². The lowest BCUT2D eigenvalue weighted by Crippen LogP contribution is -2.55. The molecular formula is C17H26ClN3O4S. The lowest BCUT2D eigenvalue weighted by molar-refractivity contribution is -0.121. The Morgan fingerprint density at radius 2 is 1.92 bits per heavy atom. The van der Waals surface area contributed by atoms with Crippen LogP contribution in [0.5, 0.6) is 0 Å². The topological polar surface area (TPSA) is 87.7 Å². The number of sulfonamides is 1. The number of nitrogens with zero attached hydrogens (tertiary/aromatic N) is 1. The van der Waals surface area contributed by atoms with E-state index in [1.54, 1.807) is 12.1 Å². The fourth-order valence-electron chi connectivity index (χ4n) is 2.72. The number of halogens is 1. The number of hydrogen-bond donors (Lipinski definition) is 2. The van der Waals surface area contributed by atoms with E-state index in [2.05, 4.69) is 28.8 Å². The summed E-state index contributed by atoms with van der Waals surface area (Å²) in [6.07, 6.45) is 0.0584. The Morgan fingerprint density at radius 1 is 1.27 bits per heavy atom. The fourth-order valence-corrected chi connectivity index (χ4v) is 4.27. The molecule has 7 nitrogen and oxygen atoms in total. The van der Waals surface area contributed by atoms with Gasteiger partial charge >= 0.3 is 0 Å². The molecule has 0 bridgehead atoms.